The highest BCUT2D eigenvalue weighted by Crippen LogP contribution is 2.21. The second-order valence-corrected chi connectivity index (χ2v) is 4.50. The predicted molar refractivity (Wildman–Crippen MR) is 63.5 cm³/mol. The maximum absolute atomic E-state index is 9.21. The Kier molecular flexibility index (Phi) is 3.54. The van der Waals surface area contributed by atoms with Gasteiger partial charge in [-0.25, -0.2) is 0 Å². The molecule has 0 saturated carbocycles. The number of rotatable bonds is 4. The third kappa shape index (κ3) is 2.59. The van der Waals surface area contributed by atoms with Gasteiger partial charge in [0.15, 0.2) is 0 Å². The SMILES string of the molecule is Cc1ccc(OCc2cncs2)c(CO)c1. The highest BCUT2D eigenvalue weighted by atomic mass is 32.1. The third-order valence-electron chi connectivity index (χ3n) is 2.24. The summed E-state index contributed by atoms with van der Waals surface area (Å²) in [6.45, 7) is 2.49. The second-order valence-electron chi connectivity index (χ2n) is 3.53. The van der Waals surface area contributed by atoms with Gasteiger partial charge >= 0.3 is 0 Å². The molecule has 0 aliphatic heterocycles. The maximum Gasteiger partial charge on any atom is 0.125 e. The van der Waals surface area contributed by atoms with E-state index in [0.29, 0.717) is 6.61 Å². The van der Waals surface area contributed by atoms with Crippen LogP contribution in [0.1, 0.15) is 16.0 Å². The number of nitrogens with zero attached hydrogens (tertiary/aromatic N) is 1. The Labute approximate surface area is 98.4 Å². The van der Waals surface area contributed by atoms with Gasteiger partial charge in [-0.3, -0.25) is 4.98 Å². The van der Waals surface area contributed by atoms with Crippen molar-refractivity contribution < 1.29 is 9.84 Å². The lowest BCUT2D eigenvalue weighted by Crippen LogP contribution is -1.97. The molecular formula is C12H13NO2S. The Hall–Kier alpha value is -1.39. The molecule has 0 aliphatic carbocycles. The summed E-state index contributed by atoms with van der Waals surface area (Å²) in [5, 5.41) is 9.21. The number of thiazole rings is 1. The van der Waals surface area contributed by atoms with Crippen LogP contribution >= 0.6 is 11.3 Å². The van der Waals surface area contributed by atoms with Crippen molar-refractivity contribution in [3.63, 3.8) is 0 Å². The van der Waals surface area contributed by atoms with E-state index in [0.717, 1.165) is 21.8 Å². The molecule has 0 bridgehead atoms. The zero-order chi connectivity index (χ0) is 11.4. The van der Waals surface area contributed by atoms with Gasteiger partial charge in [0.2, 0.25) is 0 Å². The van der Waals surface area contributed by atoms with Crippen LogP contribution in [0.4, 0.5) is 0 Å². The number of benzene rings is 1. The molecule has 2 aromatic rings. The summed E-state index contributed by atoms with van der Waals surface area (Å²) in [6.07, 6.45) is 1.79. The van der Waals surface area contributed by atoms with Gasteiger partial charge in [0, 0.05) is 11.8 Å². The van der Waals surface area contributed by atoms with Gasteiger partial charge in [-0.15, -0.1) is 11.3 Å². The summed E-state index contributed by atoms with van der Waals surface area (Å²) in [7, 11) is 0. The molecule has 84 valence electrons. The summed E-state index contributed by atoms with van der Waals surface area (Å²) in [6, 6.07) is 5.80. The minimum Gasteiger partial charge on any atom is -0.488 e. The van der Waals surface area contributed by atoms with E-state index in [1.54, 1.807) is 23.0 Å². The van der Waals surface area contributed by atoms with E-state index >= 15 is 0 Å². The zero-order valence-electron chi connectivity index (χ0n) is 9.01. The van der Waals surface area contributed by atoms with Gasteiger partial charge < -0.3 is 9.84 Å². The van der Waals surface area contributed by atoms with Crippen LogP contribution in [-0.2, 0) is 13.2 Å². The van der Waals surface area contributed by atoms with Crippen molar-refractivity contribution in [3.8, 4) is 5.75 Å². The molecule has 0 unspecified atom stereocenters. The number of ether oxygens (including phenoxy) is 1. The van der Waals surface area contributed by atoms with Crippen molar-refractivity contribution in [1.82, 2.24) is 4.98 Å². The number of hydrogen-bond acceptors (Lipinski definition) is 4. The number of aryl methyl sites for hydroxylation is 1. The van der Waals surface area contributed by atoms with Gasteiger partial charge in [0.25, 0.3) is 0 Å². The first kappa shape index (κ1) is 11.1. The lowest BCUT2D eigenvalue weighted by molar-refractivity contribution is 0.260. The molecule has 1 aromatic heterocycles. The molecule has 2 rings (SSSR count). The minimum atomic E-state index is -0.000294. The lowest BCUT2D eigenvalue weighted by Gasteiger charge is -2.09. The molecule has 1 N–H and O–H groups in total. The zero-order valence-corrected chi connectivity index (χ0v) is 9.83. The van der Waals surface area contributed by atoms with Gasteiger partial charge in [-0.1, -0.05) is 17.7 Å². The van der Waals surface area contributed by atoms with Crippen molar-refractivity contribution in [1.29, 1.82) is 0 Å². The Morgan fingerprint density at radius 3 is 3.00 bits per heavy atom. The fourth-order valence-electron chi connectivity index (χ4n) is 1.43. The number of hydrogen-bond donors (Lipinski definition) is 1. The molecule has 0 atom stereocenters. The van der Waals surface area contributed by atoms with Crippen molar-refractivity contribution in [2.75, 3.05) is 0 Å². The minimum absolute atomic E-state index is 0.000294. The second kappa shape index (κ2) is 5.09. The highest BCUT2D eigenvalue weighted by Gasteiger charge is 2.04. The van der Waals surface area contributed by atoms with Crippen LogP contribution in [0.3, 0.4) is 0 Å². The van der Waals surface area contributed by atoms with Crippen LogP contribution in [0.25, 0.3) is 0 Å². The molecule has 16 heavy (non-hydrogen) atoms. The van der Waals surface area contributed by atoms with Crippen LogP contribution in [-0.4, -0.2) is 10.1 Å². The predicted octanol–water partition coefficient (Wildman–Crippen LogP) is 2.52. The van der Waals surface area contributed by atoms with E-state index in [1.165, 1.54) is 0 Å². The highest BCUT2D eigenvalue weighted by molar-refractivity contribution is 7.09. The van der Waals surface area contributed by atoms with Crippen molar-refractivity contribution in [3.05, 3.63) is 45.9 Å². The van der Waals surface area contributed by atoms with Crippen LogP contribution < -0.4 is 4.74 Å². The van der Waals surface area contributed by atoms with E-state index in [1.807, 2.05) is 25.1 Å². The number of aliphatic hydroxyl groups is 1. The normalized spacial score (nSPS) is 10.4. The smallest absolute Gasteiger partial charge is 0.125 e. The fourth-order valence-corrected chi connectivity index (χ4v) is 1.94. The molecule has 0 aliphatic rings. The van der Waals surface area contributed by atoms with Crippen LogP contribution in [0.2, 0.25) is 0 Å². The Balaban J connectivity index is 2.09. The summed E-state index contributed by atoms with van der Waals surface area (Å²) < 4.78 is 5.64. The van der Waals surface area contributed by atoms with E-state index in [4.69, 9.17) is 4.74 Å². The first-order chi connectivity index (χ1) is 7.79. The molecule has 3 nitrogen and oxygen atoms in total. The van der Waals surface area contributed by atoms with Crippen LogP contribution in [0.5, 0.6) is 5.75 Å². The summed E-state index contributed by atoms with van der Waals surface area (Å²) in [4.78, 5) is 5.05. The van der Waals surface area contributed by atoms with Crippen LogP contribution in [0, 0.1) is 6.92 Å². The van der Waals surface area contributed by atoms with E-state index in [-0.39, 0.29) is 6.61 Å². The first-order valence-corrected chi connectivity index (χ1v) is 5.88. The summed E-state index contributed by atoms with van der Waals surface area (Å²) in [5.41, 5.74) is 3.72. The van der Waals surface area contributed by atoms with E-state index in [9.17, 15) is 5.11 Å². The largest absolute Gasteiger partial charge is 0.488 e. The molecule has 0 saturated heterocycles. The summed E-state index contributed by atoms with van der Waals surface area (Å²) in [5.74, 6) is 0.738. The molecule has 0 fully saturated rings. The van der Waals surface area contributed by atoms with Crippen LogP contribution in [0.15, 0.2) is 29.9 Å². The van der Waals surface area contributed by atoms with Crippen molar-refractivity contribution in [2.24, 2.45) is 0 Å². The average molecular weight is 235 g/mol. The van der Waals surface area contributed by atoms with Gasteiger partial charge in [-0.2, -0.15) is 0 Å². The molecule has 1 aromatic carbocycles. The number of aliphatic hydroxyl groups excluding tert-OH is 1. The molecule has 0 radical (unpaired) electrons. The van der Waals surface area contributed by atoms with Gasteiger partial charge in [0.05, 0.1) is 17.0 Å². The van der Waals surface area contributed by atoms with Crippen molar-refractivity contribution >= 4 is 11.3 Å². The van der Waals surface area contributed by atoms with E-state index < -0.39 is 0 Å². The summed E-state index contributed by atoms with van der Waals surface area (Å²) >= 11 is 1.56. The topological polar surface area (TPSA) is 42.4 Å². The number of aromatic nitrogens is 1. The molecule has 1 heterocycles. The molecule has 4 heteroatoms. The maximum atomic E-state index is 9.21. The first-order valence-electron chi connectivity index (χ1n) is 5.00. The van der Waals surface area contributed by atoms with Gasteiger partial charge in [0.1, 0.15) is 12.4 Å². The Morgan fingerprint density at radius 1 is 1.44 bits per heavy atom. The fraction of sp³-hybridized carbons (Fsp3) is 0.250. The molecular weight excluding hydrogens is 222 g/mol. The lowest BCUT2D eigenvalue weighted by atomic mass is 10.1. The monoisotopic (exact) mass is 235 g/mol. The van der Waals surface area contributed by atoms with E-state index in [2.05, 4.69) is 4.98 Å². The average Bonchev–Trinajstić information content (AvgIpc) is 2.80. The molecule has 0 amide bonds. The standard InChI is InChI=1S/C12H13NO2S/c1-9-2-3-12(10(4-9)6-14)15-7-11-5-13-8-16-11/h2-5,8,14H,6-7H2,1H3. The molecule has 0 spiro atoms. The quantitative estimate of drug-likeness (QED) is 0.885. The third-order valence-corrected chi connectivity index (χ3v) is 2.99. The Bertz CT molecular complexity index is 454. The Morgan fingerprint density at radius 2 is 2.31 bits per heavy atom. The van der Waals surface area contributed by atoms with Gasteiger partial charge in [-0.05, 0) is 13.0 Å². The van der Waals surface area contributed by atoms with Crippen molar-refractivity contribution in [2.45, 2.75) is 20.1 Å².